The quantitative estimate of drug-likeness (QED) is 0.729. The summed E-state index contributed by atoms with van der Waals surface area (Å²) >= 11 is 1.51. The molecule has 3 rings (SSSR count). The van der Waals surface area contributed by atoms with Crippen LogP contribution in [0, 0.1) is 0 Å². The van der Waals surface area contributed by atoms with Crippen LogP contribution in [0.2, 0.25) is 0 Å². The van der Waals surface area contributed by atoms with E-state index in [9.17, 15) is 9.59 Å². The van der Waals surface area contributed by atoms with Gasteiger partial charge in [-0.3, -0.25) is 20.4 Å². The smallest absolute Gasteiger partial charge is 0.271 e. The Morgan fingerprint density at radius 2 is 1.95 bits per heavy atom. The van der Waals surface area contributed by atoms with Gasteiger partial charge in [-0.25, -0.2) is 0 Å². The summed E-state index contributed by atoms with van der Waals surface area (Å²) in [6.07, 6.45) is 2.01. The first-order valence-corrected chi connectivity index (χ1v) is 7.69. The lowest BCUT2D eigenvalue weighted by Gasteiger charge is -2.06. The number of hydrogen-bond acceptors (Lipinski definition) is 3. The van der Waals surface area contributed by atoms with E-state index < -0.39 is 0 Å². The molecule has 0 saturated heterocycles. The minimum Gasteiger partial charge on any atom is -0.350 e. The van der Waals surface area contributed by atoms with Crippen LogP contribution in [0.4, 0.5) is 0 Å². The maximum Gasteiger partial charge on any atom is 0.271 e. The van der Waals surface area contributed by atoms with Gasteiger partial charge in [-0.05, 0) is 17.5 Å². The number of benzene rings is 1. The number of aryl methyl sites for hydroxylation is 1. The minimum atomic E-state index is -0.323. The second kappa shape index (κ2) is 6.03. The number of aromatic nitrogens is 1. The fraction of sp³-hybridized carbons (Fsp3) is 0.125. The normalized spacial score (nSPS) is 10.6. The molecule has 0 spiro atoms. The molecule has 2 heterocycles. The lowest BCUT2D eigenvalue weighted by Crippen LogP contribution is -2.42. The Balaban J connectivity index is 1.67. The highest BCUT2D eigenvalue weighted by Gasteiger charge is 2.14. The molecule has 5 nitrogen and oxygen atoms in total. The third-order valence-corrected chi connectivity index (χ3v) is 4.25. The Hall–Kier alpha value is -2.60. The predicted octanol–water partition coefficient (Wildman–Crippen LogP) is 2.24. The molecule has 22 heavy (non-hydrogen) atoms. The standard InChI is InChI=1S/C16H15N3O2S/c1-19-10-13(12-6-2-3-7-14(12)19)16(21)18-17-15(20)9-11-5-4-8-22-11/h2-8,10H,9H2,1H3,(H,17,20)(H,18,21). The highest BCUT2D eigenvalue weighted by atomic mass is 32.1. The maximum absolute atomic E-state index is 12.2. The van der Waals surface area contributed by atoms with Crippen molar-refractivity contribution in [3.05, 3.63) is 58.4 Å². The fourth-order valence-corrected chi connectivity index (χ4v) is 3.04. The van der Waals surface area contributed by atoms with Gasteiger partial charge in [-0.15, -0.1) is 11.3 Å². The minimum absolute atomic E-state index is 0.240. The molecule has 2 aromatic heterocycles. The summed E-state index contributed by atoms with van der Waals surface area (Å²) < 4.78 is 1.89. The average molecular weight is 313 g/mol. The summed E-state index contributed by atoms with van der Waals surface area (Å²) in [5.41, 5.74) is 6.43. The van der Waals surface area contributed by atoms with E-state index in [0.29, 0.717) is 5.56 Å². The molecule has 0 saturated carbocycles. The molecule has 0 bridgehead atoms. The SMILES string of the molecule is Cn1cc(C(=O)NNC(=O)Cc2cccs2)c2ccccc21. The van der Waals surface area contributed by atoms with Crippen molar-refractivity contribution in [2.75, 3.05) is 0 Å². The van der Waals surface area contributed by atoms with E-state index in [1.165, 1.54) is 11.3 Å². The zero-order chi connectivity index (χ0) is 15.5. The van der Waals surface area contributed by atoms with Crippen LogP contribution >= 0.6 is 11.3 Å². The Bertz CT molecular complexity index is 821. The number of hydrazine groups is 1. The van der Waals surface area contributed by atoms with E-state index in [1.807, 2.05) is 53.4 Å². The number of carbonyl (C=O) groups is 2. The van der Waals surface area contributed by atoms with Gasteiger partial charge < -0.3 is 4.57 Å². The van der Waals surface area contributed by atoms with Gasteiger partial charge >= 0.3 is 0 Å². The van der Waals surface area contributed by atoms with E-state index in [4.69, 9.17) is 0 Å². The molecule has 0 atom stereocenters. The van der Waals surface area contributed by atoms with Gasteiger partial charge in [0.2, 0.25) is 5.91 Å². The topological polar surface area (TPSA) is 63.1 Å². The first kappa shape index (κ1) is 14.3. The lowest BCUT2D eigenvalue weighted by molar-refractivity contribution is -0.121. The number of para-hydroxylation sites is 1. The third-order valence-electron chi connectivity index (χ3n) is 3.37. The van der Waals surface area contributed by atoms with Crippen LogP contribution in [0.1, 0.15) is 15.2 Å². The molecule has 0 fully saturated rings. The van der Waals surface area contributed by atoms with Crippen LogP contribution in [0.15, 0.2) is 48.0 Å². The van der Waals surface area contributed by atoms with Crippen molar-refractivity contribution in [3.8, 4) is 0 Å². The first-order valence-electron chi connectivity index (χ1n) is 6.81. The van der Waals surface area contributed by atoms with Crippen LogP contribution in [-0.4, -0.2) is 16.4 Å². The van der Waals surface area contributed by atoms with Crippen molar-refractivity contribution >= 4 is 34.1 Å². The average Bonchev–Trinajstić information content (AvgIpc) is 3.14. The van der Waals surface area contributed by atoms with Crippen LogP contribution in [0.25, 0.3) is 10.9 Å². The summed E-state index contributed by atoms with van der Waals surface area (Å²) in [5.74, 6) is -0.563. The van der Waals surface area contributed by atoms with Crippen LogP contribution in [-0.2, 0) is 18.3 Å². The predicted molar refractivity (Wildman–Crippen MR) is 86.6 cm³/mol. The van der Waals surface area contributed by atoms with Gasteiger partial charge in [0.15, 0.2) is 0 Å². The van der Waals surface area contributed by atoms with Gasteiger partial charge in [0.05, 0.1) is 12.0 Å². The zero-order valence-electron chi connectivity index (χ0n) is 12.0. The fourth-order valence-electron chi connectivity index (χ4n) is 2.33. The van der Waals surface area contributed by atoms with Crippen LogP contribution in [0.3, 0.4) is 0 Å². The summed E-state index contributed by atoms with van der Waals surface area (Å²) in [5, 5.41) is 2.77. The molecule has 112 valence electrons. The van der Waals surface area contributed by atoms with Gasteiger partial charge in [0.25, 0.3) is 5.91 Å². The third kappa shape index (κ3) is 2.87. The number of rotatable bonds is 3. The number of nitrogens with zero attached hydrogens (tertiary/aromatic N) is 1. The highest BCUT2D eigenvalue weighted by molar-refractivity contribution is 7.10. The number of nitrogens with one attached hydrogen (secondary N) is 2. The largest absolute Gasteiger partial charge is 0.350 e. The molecule has 1 aromatic carbocycles. The molecule has 0 aliphatic carbocycles. The molecule has 0 aliphatic rings. The van der Waals surface area contributed by atoms with Gasteiger partial charge in [-0.1, -0.05) is 24.3 Å². The second-order valence-corrected chi connectivity index (χ2v) is 5.96. The Kier molecular flexibility index (Phi) is 3.93. The Morgan fingerprint density at radius 1 is 1.14 bits per heavy atom. The van der Waals surface area contributed by atoms with Gasteiger partial charge in [0.1, 0.15) is 0 Å². The maximum atomic E-state index is 12.2. The van der Waals surface area contributed by atoms with E-state index in [1.54, 1.807) is 6.20 Å². The molecule has 2 amide bonds. The molecular formula is C16H15N3O2S. The molecule has 0 radical (unpaired) electrons. The van der Waals surface area contributed by atoms with Crippen molar-refractivity contribution < 1.29 is 9.59 Å². The van der Waals surface area contributed by atoms with Crippen molar-refractivity contribution in [1.29, 1.82) is 0 Å². The van der Waals surface area contributed by atoms with Crippen molar-refractivity contribution in [3.63, 3.8) is 0 Å². The Labute approximate surface area is 131 Å². The zero-order valence-corrected chi connectivity index (χ0v) is 12.8. The summed E-state index contributed by atoms with van der Waals surface area (Å²) in [6, 6.07) is 11.4. The summed E-state index contributed by atoms with van der Waals surface area (Å²) in [4.78, 5) is 25.0. The molecule has 6 heteroatoms. The summed E-state index contributed by atoms with van der Waals surface area (Å²) in [6.45, 7) is 0. The van der Waals surface area contributed by atoms with Gasteiger partial charge in [0, 0.05) is 29.0 Å². The monoisotopic (exact) mass is 313 g/mol. The second-order valence-electron chi connectivity index (χ2n) is 4.93. The first-order chi connectivity index (χ1) is 10.6. The lowest BCUT2D eigenvalue weighted by atomic mass is 10.2. The summed E-state index contributed by atoms with van der Waals surface area (Å²) in [7, 11) is 1.88. The van der Waals surface area contributed by atoms with E-state index >= 15 is 0 Å². The van der Waals surface area contributed by atoms with Crippen LogP contribution in [0.5, 0.6) is 0 Å². The molecule has 2 N–H and O–H groups in total. The van der Waals surface area contributed by atoms with Crippen molar-refractivity contribution in [1.82, 2.24) is 15.4 Å². The number of amides is 2. The number of carbonyl (C=O) groups excluding carboxylic acids is 2. The number of fused-ring (bicyclic) bond motifs is 1. The molecule has 3 aromatic rings. The van der Waals surface area contributed by atoms with E-state index in [-0.39, 0.29) is 18.2 Å². The van der Waals surface area contributed by atoms with E-state index in [2.05, 4.69) is 10.9 Å². The molecule has 0 unspecified atom stereocenters. The van der Waals surface area contributed by atoms with Crippen molar-refractivity contribution in [2.45, 2.75) is 6.42 Å². The molecule has 0 aliphatic heterocycles. The van der Waals surface area contributed by atoms with Gasteiger partial charge in [-0.2, -0.15) is 0 Å². The van der Waals surface area contributed by atoms with E-state index in [0.717, 1.165) is 15.8 Å². The number of hydrogen-bond donors (Lipinski definition) is 2. The Morgan fingerprint density at radius 3 is 2.73 bits per heavy atom. The highest BCUT2D eigenvalue weighted by Crippen LogP contribution is 2.19. The molecular weight excluding hydrogens is 298 g/mol. The van der Waals surface area contributed by atoms with Crippen LogP contribution < -0.4 is 10.9 Å². The van der Waals surface area contributed by atoms with Crippen molar-refractivity contribution in [2.24, 2.45) is 7.05 Å². The number of thiophene rings is 1.